The normalized spacial score (nSPS) is 10.2. The Morgan fingerprint density at radius 1 is 1.10 bits per heavy atom. The van der Waals surface area contributed by atoms with Crippen LogP contribution < -0.4 is 20.5 Å². The lowest BCUT2D eigenvalue weighted by atomic mass is 10.1. The molecular formula is C16H19ClN2O2. The Bertz CT molecular complexity index is 617. The highest BCUT2D eigenvalue weighted by Gasteiger charge is 2.05. The average Bonchev–Trinajstić information content (AvgIpc) is 2.51. The molecule has 0 fully saturated rings. The van der Waals surface area contributed by atoms with Gasteiger partial charge in [0.05, 0.1) is 30.6 Å². The number of benzene rings is 2. The molecule has 112 valence electrons. The smallest absolute Gasteiger partial charge is 0.160 e. The number of hydrogen-bond acceptors (Lipinski definition) is 4. The summed E-state index contributed by atoms with van der Waals surface area (Å²) in [5.41, 5.74) is 8.49. The zero-order valence-corrected chi connectivity index (χ0v) is 12.9. The number of nitrogen functional groups attached to an aromatic ring is 1. The van der Waals surface area contributed by atoms with Gasteiger partial charge < -0.3 is 20.5 Å². The topological polar surface area (TPSA) is 56.5 Å². The fraction of sp³-hybridized carbons (Fsp3) is 0.250. The van der Waals surface area contributed by atoms with E-state index in [-0.39, 0.29) is 0 Å². The molecule has 0 atom stereocenters. The third-order valence-electron chi connectivity index (χ3n) is 3.23. The number of nitrogens with one attached hydrogen (secondary N) is 1. The molecule has 0 radical (unpaired) electrons. The van der Waals surface area contributed by atoms with Crippen molar-refractivity contribution in [2.45, 2.75) is 6.42 Å². The molecule has 21 heavy (non-hydrogen) atoms. The van der Waals surface area contributed by atoms with Crippen LogP contribution in [0.2, 0.25) is 5.02 Å². The summed E-state index contributed by atoms with van der Waals surface area (Å²) in [4.78, 5) is 0. The number of hydrogen-bond donors (Lipinski definition) is 2. The predicted molar refractivity (Wildman–Crippen MR) is 87.6 cm³/mol. The molecule has 0 bridgehead atoms. The van der Waals surface area contributed by atoms with Crippen LogP contribution in [0.5, 0.6) is 11.5 Å². The SMILES string of the molecule is COc1ccc(CCNc2cccc(Cl)c2N)cc1OC. The molecule has 0 aliphatic heterocycles. The summed E-state index contributed by atoms with van der Waals surface area (Å²) in [6, 6.07) is 11.5. The lowest BCUT2D eigenvalue weighted by Crippen LogP contribution is -2.07. The van der Waals surface area contributed by atoms with Crippen LogP contribution in [-0.2, 0) is 6.42 Å². The number of rotatable bonds is 6. The fourth-order valence-electron chi connectivity index (χ4n) is 2.07. The minimum absolute atomic E-state index is 0.561. The van der Waals surface area contributed by atoms with E-state index in [9.17, 15) is 0 Å². The third-order valence-corrected chi connectivity index (χ3v) is 3.56. The molecular weight excluding hydrogens is 288 g/mol. The monoisotopic (exact) mass is 306 g/mol. The molecule has 2 rings (SSSR count). The second kappa shape index (κ2) is 7.09. The Kier molecular flexibility index (Phi) is 5.17. The lowest BCUT2D eigenvalue weighted by Gasteiger charge is -2.12. The molecule has 4 nitrogen and oxygen atoms in total. The molecule has 0 aliphatic rings. The van der Waals surface area contributed by atoms with Gasteiger partial charge >= 0.3 is 0 Å². The van der Waals surface area contributed by atoms with Crippen molar-refractivity contribution in [3.63, 3.8) is 0 Å². The van der Waals surface area contributed by atoms with Crippen molar-refractivity contribution in [1.29, 1.82) is 0 Å². The van der Waals surface area contributed by atoms with Crippen LogP contribution in [0.25, 0.3) is 0 Å². The maximum atomic E-state index is 5.99. The van der Waals surface area contributed by atoms with Crippen LogP contribution in [-0.4, -0.2) is 20.8 Å². The number of anilines is 2. The minimum Gasteiger partial charge on any atom is -0.493 e. The molecule has 0 aliphatic carbocycles. The standard InChI is InChI=1S/C16H19ClN2O2/c1-20-14-7-6-11(10-15(14)21-2)8-9-19-13-5-3-4-12(17)16(13)18/h3-7,10,19H,8-9,18H2,1-2H3. The van der Waals surface area contributed by atoms with Gasteiger partial charge in [-0.25, -0.2) is 0 Å². The van der Waals surface area contributed by atoms with Crippen LogP contribution in [0.15, 0.2) is 36.4 Å². The molecule has 2 aromatic carbocycles. The molecule has 0 aromatic heterocycles. The van der Waals surface area contributed by atoms with Gasteiger partial charge in [0.1, 0.15) is 0 Å². The number of ether oxygens (including phenoxy) is 2. The third kappa shape index (κ3) is 3.73. The quantitative estimate of drug-likeness (QED) is 0.801. The van der Waals surface area contributed by atoms with Gasteiger partial charge in [-0.1, -0.05) is 23.7 Å². The lowest BCUT2D eigenvalue weighted by molar-refractivity contribution is 0.354. The number of methoxy groups -OCH3 is 2. The maximum Gasteiger partial charge on any atom is 0.160 e. The van der Waals surface area contributed by atoms with E-state index in [0.717, 1.165) is 35.7 Å². The second-order valence-corrected chi connectivity index (χ2v) is 4.97. The fourth-order valence-corrected chi connectivity index (χ4v) is 2.24. The van der Waals surface area contributed by atoms with Gasteiger partial charge in [0.25, 0.3) is 0 Å². The van der Waals surface area contributed by atoms with E-state index in [1.54, 1.807) is 20.3 Å². The molecule has 0 amide bonds. The number of para-hydroxylation sites is 1. The van der Waals surface area contributed by atoms with Crippen molar-refractivity contribution in [2.75, 3.05) is 31.8 Å². The van der Waals surface area contributed by atoms with Gasteiger partial charge in [0, 0.05) is 6.54 Å². The van der Waals surface area contributed by atoms with Crippen molar-refractivity contribution in [1.82, 2.24) is 0 Å². The van der Waals surface area contributed by atoms with Gasteiger partial charge in [-0.05, 0) is 36.2 Å². The number of nitrogens with two attached hydrogens (primary N) is 1. The van der Waals surface area contributed by atoms with Crippen LogP contribution in [0.1, 0.15) is 5.56 Å². The van der Waals surface area contributed by atoms with E-state index >= 15 is 0 Å². The molecule has 0 saturated carbocycles. The predicted octanol–water partition coefficient (Wildman–Crippen LogP) is 3.59. The highest BCUT2D eigenvalue weighted by molar-refractivity contribution is 6.33. The summed E-state index contributed by atoms with van der Waals surface area (Å²) in [6.07, 6.45) is 0.840. The summed E-state index contributed by atoms with van der Waals surface area (Å²) in [6.45, 7) is 0.750. The van der Waals surface area contributed by atoms with Gasteiger partial charge in [0.15, 0.2) is 11.5 Å². The average molecular weight is 307 g/mol. The van der Waals surface area contributed by atoms with E-state index in [0.29, 0.717) is 10.7 Å². The van der Waals surface area contributed by atoms with Crippen molar-refractivity contribution in [3.05, 3.63) is 47.0 Å². The summed E-state index contributed by atoms with van der Waals surface area (Å²) < 4.78 is 10.5. The highest BCUT2D eigenvalue weighted by atomic mass is 35.5. The minimum atomic E-state index is 0.561. The first-order valence-corrected chi connectivity index (χ1v) is 7.02. The van der Waals surface area contributed by atoms with Crippen LogP contribution in [0.4, 0.5) is 11.4 Å². The van der Waals surface area contributed by atoms with E-state index in [4.69, 9.17) is 26.8 Å². The first-order chi connectivity index (χ1) is 10.2. The molecule has 0 heterocycles. The molecule has 3 N–H and O–H groups in total. The van der Waals surface area contributed by atoms with E-state index < -0.39 is 0 Å². The highest BCUT2D eigenvalue weighted by Crippen LogP contribution is 2.28. The van der Waals surface area contributed by atoms with Gasteiger partial charge in [-0.15, -0.1) is 0 Å². The summed E-state index contributed by atoms with van der Waals surface area (Å²) in [5.74, 6) is 1.46. The molecule has 0 saturated heterocycles. The maximum absolute atomic E-state index is 5.99. The second-order valence-electron chi connectivity index (χ2n) is 4.57. The van der Waals surface area contributed by atoms with Crippen LogP contribution in [0.3, 0.4) is 0 Å². The molecule has 5 heteroatoms. The Morgan fingerprint density at radius 2 is 1.86 bits per heavy atom. The first-order valence-electron chi connectivity index (χ1n) is 6.64. The largest absolute Gasteiger partial charge is 0.493 e. The summed E-state index contributed by atoms with van der Waals surface area (Å²) in [7, 11) is 3.26. The Morgan fingerprint density at radius 3 is 2.57 bits per heavy atom. The van der Waals surface area contributed by atoms with Crippen LogP contribution in [0, 0.1) is 0 Å². The van der Waals surface area contributed by atoms with Crippen LogP contribution >= 0.6 is 11.6 Å². The summed E-state index contributed by atoms with van der Waals surface area (Å²) >= 11 is 5.99. The Labute approximate surface area is 129 Å². The Hall–Kier alpha value is -2.07. The van der Waals surface area contributed by atoms with Gasteiger partial charge in [-0.2, -0.15) is 0 Å². The van der Waals surface area contributed by atoms with E-state index in [2.05, 4.69) is 5.32 Å². The Balaban J connectivity index is 1.99. The summed E-state index contributed by atoms with van der Waals surface area (Å²) in [5, 5.41) is 3.85. The van der Waals surface area contributed by atoms with E-state index in [1.807, 2.05) is 30.3 Å². The molecule has 0 unspecified atom stereocenters. The van der Waals surface area contributed by atoms with Gasteiger partial charge in [0.2, 0.25) is 0 Å². The molecule has 2 aromatic rings. The van der Waals surface area contributed by atoms with Gasteiger partial charge in [-0.3, -0.25) is 0 Å². The molecule has 0 spiro atoms. The zero-order valence-electron chi connectivity index (χ0n) is 12.2. The van der Waals surface area contributed by atoms with Crippen molar-refractivity contribution < 1.29 is 9.47 Å². The van der Waals surface area contributed by atoms with Crippen molar-refractivity contribution >= 4 is 23.0 Å². The number of halogens is 1. The first kappa shape index (κ1) is 15.3. The zero-order chi connectivity index (χ0) is 15.2. The van der Waals surface area contributed by atoms with Crippen molar-refractivity contribution in [2.24, 2.45) is 0 Å². The van der Waals surface area contributed by atoms with E-state index in [1.165, 1.54) is 0 Å². The van der Waals surface area contributed by atoms with Crippen molar-refractivity contribution in [3.8, 4) is 11.5 Å².